The first kappa shape index (κ1) is 28.5. The fourth-order valence-corrected chi connectivity index (χ4v) is 6.58. The number of benzene rings is 4. The molecule has 5 aromatic rings. The van der Waals surface area contributed by atoms with E-state index in [4.69, 9.17) is 30.8 Å². The predicted octanol–water partition coefficient (Wildman–Crippen LogP) is 5.76. The average Bonchev–Trinajstić information content (AvgIpc) is 3.34. The lowest BCUT2D eigenvalue weighted by Crippen LogP contribution is -2.40. The number of halogens is 1. The highest BCUT2D eigenvalue weighted by Gasteiger charge is 2.37. The van der Waals surface area contributed by atoms with Crippen molar-refractivity contribution in [1.29, 1.82) is 0 Å². The van der Waals surface area contributed by atoms with Gasteiger partial charge >= 0.3 is 5.97 Å². The summed E-state index contributed by atoms with van der Waals surface area (Å²) < 4.78 is 19.0. The molecule has 0 spiro atoms. The zero-order valence-electron chi connectivity index (χ0n) is 23.7. The minimum atomic E-state index is -0.894. The molecule has 0 saturated heterocycles. The molecule has 9 heteroatoms. The van der Waals surface area contributed by atoms with Gasteiger partial charge in [-0.2, -0.15) is 0 Å². The topological polar surface area (TPSA) is 79.1 Å². The average molecular weight is 611 g/mol. The summed E-state index contributed by atoms with van der Waals surface area (Å²) in [4.78, 5) is 33.7. The highest BCUT2D eigenvalue weighted by Crippen LogP contribution is 2.42. The Morgan fingerprint density at radius 2 is 1.70 bits per heavy atom. The van der Waals surface area contributed by atoms with Crippen LogP contribution in [0.1, 0.15) is 29.7 Å². The lowest BCUT2D eigenvalue weighted by atomic mass is 9.89. The van der Waals surface area contributed by atoms with Gasteiger partial charge in [-0.25, -0.2) is 9.79 Å². The van der Waals surface area contributed by atoms with E-state index in [1.54, 1.807) is 50.0 Å². The first-order chi connectivity index (χ1) is 20.9. The second-order valence-electron chi connectivity index (χ2n) is 9.72. The molecule has 1 aliphatic heterocycles. The zero-order chi connectivity index (χ0) is 30.1. The summed E-state index contributed by atoms with van der Waals surface area (Å²) in [6.07, 6.45) is 1.74. The molecule has 1 atom stereocenters. The van der Waals surface area contributed by atoms with Gasteiger partial charge in [-0.3, -0.25) is 9.36 Å². The summed E-state index contributed by atoms with van der Waals surface area (Å²) >= 11 is 7.52. The Balaban J connectivity index is 1.75. The van der Waals surface area contributed by atoms with Crippen LogP contribution in [0.4, 0.5) is 0 Å². The number of hydrogen-bond donors (Lipinski definition) is 0. The third kappa shape index (κ3) is 5.13. The Morgan fingerprint density at radius 1 is 0.977 bits per heavy atom. The van der Waals surface area contributed by atoms with E-state index >= 15 is 0 Å². The van der Waals surface area contributed by atoms with Gasteiger partial charge in [0.05, 0.1) is 36.6 Å². The normalized spacial score (nSPS) is 14.8. The van der Waals surface area contributed by atoms with Crippen LogP contribution in [0.2, 0.25) is 5.02 Å². The first-order valence-corrected chi connectivity index (χ1v) is 14.8. The Morgan fingerprint density at radius 3 is 2.44 bits per heavy atom. The van der Waals surface area contributed by atoms with E-state index < -0.39 is 12.0 Å². The number of rotatable bonds is 7. The molecule has 0 aliphatic carbocycles. The molecule has 7 nitrogen and oxygen atoms in total. The van der Waals surface area contributed by atoms with E-state index in [2.05, 4.69) is 0 Å². The SMILES string of the molecule is CCOC(=O)C1=C(c2ccccc2)N=c2s/c(=C\c3cc(Cl)ccc3OC)c(=O)n2C1c1c(OC)ccc2ccccc12. The van der Waals surface area contributed by atoms with Gasteiger partial charge in [0.15, 0.2) is 4.80 Å². The molecule has 2 heterocycles. The van der Waals surface area contributed by atoms with E-state index in [0.29, 0.717) is 42.7 Å². The summed E-state index contributed by atoms with van der Waals surface area (Å²) in [5.41, 5.74) is 2.41. The summed E-state index contributed by atoms with van der Waals surface area (Å²) in [6.45, 7) is 1.91. The zero-order valence-corrected chi connectivity index (χ0v) is 25.2. The second-order valence-corrected chi connectivity index (χ2v) is 11.2. The molecular weight excluding hydrogens is 584 g/mol. The fraction of sp³-hybridized carbons (Fsp3) is 0.147. The number of thiazole rings is 1. The Hall–Kier alpha value is -4.66. The lowest BCUT2D eigenvalue weighted by molar-refractivity contribution is -0.138. The van der Waals surface area contributed by atoms with Crippen LogP contribution in [0.15, 0.2) is 100 Å². The number of nitrogens with zero attached hydrogens (tertiary/aromatic N) is 2. The Labute approximate surface area is 256 Å². The van der Waals surface area contributed by atoms with Crippen LogP contribution in [0.3, 0.4) is 0 Å². The predicted molar refractivity (Wildman–Crippen MR) is 170 cm³/mol. The van der Waals surface area contributed by atoms with Crippen LogP contribution in [0, 0.1) is 0 Å². The van der Waals surface area contributed by atoms with Crippen molar-refractivity contribution in [2.45, 2.75) is 13.0 Å². The fourth-order valence-electron chi connectivity index (χ4n) is 5.41. The monoisotopic (exact) mass is 610 g/mol. The molecule has 4 aromatic carbocycles. The minimum absolute atomic E-state index is 0.156. The second kappa shape index (κ2) is 11.9. The number of ether oxygens (including phenoxy) is 3. The summed E-state index contributed by atoms with van der Waals surface area (Å²) in [7, 11) is 3.14. The summed E-state index contributed by atoms with van der Waals surface area (Å²) in [5.74, 6) is 0.543. The quantitative estimate of drug-likeness (QED) is 0.219. The van der Waals surface area contributed by atoms with E-state index in [9.17, 15) is 9.59 Å². The van der Waals surface area contributed by atoms with E-state index in [1.165, 1.54) is 11.3 Å². The molecule has 6 rings (SSSR count). The van der Waals surface area contributed by atoms with E-state index in [1.807, 2.05) is 66.7 Å². The molecule has 1 aromatic heterocycles. The maximum Gasteiger partial charge on any atom is 0.338 e. The maximum absolute atomic E-state index is 14.4. The van der Waals surface area contributed by atoms with E-state index in [0.717, 1.165) is 16.3 Å². The summed E-state index contributed by atoms with van der Waals surface area (Å²) in [5, 5.41) is 2.29. The highest BCUT2D eigenvalue weighted by atomic mass is 35.5. The van der Waals surface area contributed by atoms with Crippen LogP contribution in [-0.4, -0.2) is 31.4 Å². The highest BCUT2D eigenvalue weighted by molar-refractivity contribution is 7.07. The van der Waals surface area contributed by atoms with Gasteiger partial charge in [-0.05, 0) is 48.0 Å². The number of aromatic nitrogens is 1. The van der Waals surface area contributed by atoms with Crippen molar-refractivity contribution < 1.29 is 19.0 Å². The van der Waals surface area contributed by atoms with Crippen molar-refractivity contribution in [2.24, 2.45) is 4.99 Å². The number of fused-ring (bicyclic) bond motifs is 2. The number of hydrogen-bond acceptors (Lipinski definition) is 7. The molecule has 0 fully saturated rings. The molecule has 0 amide bonds. The van der Waals surface area contributed by atoms with Gasteiger partial charge in [-0.15, -0.1) is 0 Å². The standard InChI is InChI=1S/C34H27ClN2O5S/c1-4-42-33(39)29-30(21-11-6-5-7-12-21)36-34-37(31(29)28-24-13-9-8-10-20(24)14-16-26(28)41-3)32(38)27(43-34)19-22-18-23(35)15-17-25(22)40-2/h5-19,31H,4H2,1-3H3/b27-19-. The van der Waals surface area contributed by atoms with Crippen LogP contribution < -0.4 is 24.4 Å². The summed E-state index contributed by atoms with van der Waals surface area (Å²) in [6, 6.07) is 25.4. The molecule has 1 aliphatic rings. The molecule has 0 saturated carbocycles. The molecule has 216 valence electrons. The Kier molecular flexibility index (Phi) is 7.88. The molecule has 0 bridgehead atoms. The number of methoxy groups -OCH3 is 2. The van der Waals surface area contributed by atoms with Crippen LogP contribution in [0.25, 0.3) is 22.5 Å². The van der Waals surface area contributed by atoms with Gasteiger partial charge < -0.3 is 14.2 Å². The largest absolute Gasteiger partial charge is 0.496 e. The molecule has 1 unspecified atom stereocenters. The minimum Gasteiger partial charge on any atom is -0.496 e. The molecule has 0 N–H and O–H groups in total. The number of carbonyl (C=O) groups is 1. The van der Waals surface area contributed by atoms with Crippen molar-refractivity contribution in [1.82, 2.24) is 4.57 Å². The number of esters is 1. The van der Waals surface area contributed by atoms with Gasteiger partial charge in [0, 0.05) is 21.7 Å². The van der Waals surface area contributed by atoms with E-state index in [-0.39, 0.29) is 17.7 Å². The van der Waals surface area contributed by atoms with Gasteiger partial charge in [0.25, 0.3) is 5.56 Å². The van der Waals surface area contributed by atoms with Gasteiger partial charge in [-0.1, -0.05) is 83.6 Å². The third-order valence-electron chi connectivity index (χ3n) is 7.28. The Bertz CT molecular complexity index is 2080. The van der Waals surface area contributed by atoms with Crippen molar-refractivity contribution in [3.05, 3.63) is 132 Å². The van der Waals surface area contributed by atoms with Crippen LogP contribution in [0.5, 0.6) is 11.5 Å². The maximum atomic E-state index is 14.4. The van der Waals surface area contributed by atoms with Crippen molar-refractivity contribution >= 4 is 51.5 Å². The van der Waals surface area contributed by atoms with Crippen molar-refractivity contribution in [3.8, 4) is 11.5 Å². The van der Waals surface area contributed by atoms with Crippen LogP contribution >= 0.6 is 22.9 Å². The first-order valence-electron chi connectivity index (χ1n) is 13.6. The lowest BCUT2D eigenvalue weighted by Gasteiger charge is -2.28. The van der Waals surface area contributed by atoms with Gasteiger partial charge in [0.2, 0.25) is 0 Å². The van der Waals surface area contributed by atoms with Crippen molar-refractivity contribution in [3.63, 3.8) is 0 Å². The van der Waals surface area contributed by atoms with Crippen molar-refractivity contribution in [2.75, 3.05) is 20.8 Å². The van der Waals surface area contributed by atoms with Gasteiger partial charge in [0.1, 0.15) is 17.5 Å². The third-order valence-corrected chi connectivity index (χ3v) is 8.49. The molecule has 43 heavy (non-hydrogen) atoms. The molecule has 0 radical (unpaired) electrons. The molecular formula is C34H27ClN2O5S. The smallest absolute Gasteiger partial charge is 0.338 e. The van der Waals surface area contributed by atoms with Crippen LogP contribution in [-0.2, 0) is 9.53 Å². The number of carbonyl (C=O) groups excluding carboxylic acids is 1.